The fourth-order valence-electron chi connectivity index (χ4n) is 4.95. The molecule has 0 unspecified atom stereocenters. The van der Waals surface area contributed by atoms with Gasteiger partial charge in [0, 0.05) is 51.7 Å². The number of amides is 2. The van der Waals surface area contributed by atoms with Gasteiger partial charge in [0.05, 0.1) is 0 Å². The van der Waals surface area contributed by atoms with Crippen molar-refractivity contribution >= 4 is 12.0 Å². The fourth-order valence-corrected chi connectivity index (χ4v) is 4.95. The molecular formula is C24H36N4O3. The highest BCUT2D eigenvalue weighted by atomic mass is 16.6. The average molecular weight is 429 g/mol. The second-order valence-electron chi connectivity index (χ2n) is 9.12. The van der Waals surface area contributed by atoms with Crippen LogP contribution in [0, 0.1) is 11.8 Å². The Morgan fingerprint density at radius 2 is 1.55 bits per heavy atom. The number of ether oxygens (including phenoxy) is 1. The summed E-state index contributed by atoms with van der Waals surface area (Å²) in [4.78, 5) is 31.5. The zero-order valence-electron chi connectivity index (χ0n) is 18.5. The summed E-state index contributed by atoms with van der Waals surface area (Å²) in [6.45, 7) is 8.39. The number of likely N-dealkylation sites (tertiary alicyclic amines) is 1. The summed E-state index contributed by atoms with van der Waals surface area (Å²) in [5.74, 6) is 1.25. The molecule has 0 aliphatic carbocycles. The molecule has 0 saturated carbocycles. The van der Waals surface area contributed by atoms with Crippen LogP contribution in [0.2, 0.25) is 0 Å². The van der Waals surface area contributed by atoms with E-state index in [9.17, 15) is 9.59 Å². The van der Waals surface area contributed by atoms with E-state index in [1.54, 1.807) is 0 Å². The molecule has 0 bridgehead atoms. The zero-order chi connectivity index (χ0) is 21.5. The van der Waals surface area contributed by atoms with E-state index in [-0.39, 0.29) is 12.0 Å². The van der Waals surface area contributed by atoms with Gasteiger partial charge in [0.25, 0.3) is 0 Å². The first kappa shape index (κ1) is 22.1. The number of nitrogens with one attached hydrogen (secondary N) is 1. The van der Waals surface area contributed by atoms with Crippen molar-refractivity contribution in [1.82, 2.24) is 20.0 Å². The zero-order valence-corrected chi connectivity index (χ0v) is 18.5. The summed E-state index contributed by atoms with van der Waals surface area (Å²) in [7, 11) is 0. The van der Waals surface area contributed by atoms with E-state index in [2.05, 4.69) is 15.1 Å². The van der Waals surface area contributed by atoms with Gasteiger partial charge in [-0.2, -0.15) is 0 Å². The molecule has 3 saturated heterocycles. The van der Waals surface area contributed by atoms with Crippen LogP contribution < -0.4 is 5.32 Å². The Kier molecular flexibility index (Phi) is 7.81. The van der Waals surface area contributed by atoms with Crippen molar-refractivity contribution in [3.8, 4) is 0 Å². The molecule has 3 fully saturated rings. The number of rotatable bonds is 5. The molecule has 0 aromatic heterocycles. The number of benzene rings is 1. The second kappa shape index (κ2) is 11.0. The summed E-state index contributed by atoms with van der Waals surface area (Å²) in [5, 5.41) is 3.34. The van der Waals surface area contributed by atoms with Crippen molar-refractivity contribution in [2.45, 2.75) is 32.3 Å². The molecule has 3 aliphatic heterocycles. The lowest BCUT2D eigenvalue weighted by Gasteiger charge is -2.39. The monoisotopic (exact) mass is 428 g/mol. The molecule has 7 heteroatoms. The van der Waals surface area contributed by atoms with Crippen LogP contribution in [0.1, 0.15) is 31.2 Å². The summed E-state index contributed by atoms with van der Waals surface area (Å²) in [6, 6.07) is 9.80. The van der Waals surface area contributed by atoms with Gasteiger partial charge in [0.1, 0.15) is 6.61 Å². The Morgan fingerprint density at radius 3 is 2.23 bits per heavy atom. The van der Waals surface area contributed by atoms with Crippen LogP contribution in [-0.4, -0.2) is 85.6 Å². The van der Waals surface area contributed by atoms with Crippen molar-refractivity contribution in [2.24, 2.45) is 11.8 Å². The van der Waals surface area contributed by atoms with E-state index in [0.717, 1.165) is 90.1 Å². The Labute approximate surface area is 185 Å². The topological polar surface area (TPSA) is 65.1 Å². The number of carbonyl (C=O) groups is 2. The quantitative estimate of drug-likeness (QED) is 0.779. The number of hydrogen-bond acceptors (Lipinski definition) is 5. The molecule has 0 radical (unpaired) electrons. The number of piperazine rings is 1. The van der Waals surface area contributed by atoms with Crippen molar-refractivity contribution < 1.29 is 14.3 Å². The molecule has 3 aliphatic rings. The van der Waals surface area contributed by atoms with Crippen LogP contribution in [0.3, 0.4) is 0 Å². The SMILES string of the molecule is O=C(OCc1ccccc1)N1CCN(CC2CCN(C(=O)C3CCNCC3)CC2)CC1. The van der Waals surface area contributed by atoms with E-state index >= 15 is 0 Å². The van der Waals surface area contributed by atoms with E-state index in [4.69, 9.17) is 4.74 Å². The van der Waals surface area contributed by atoms with Gasteiger partial charge in [0.15, 0.2) is 0 Å². The third-order valence-electron chi connectivity index (χ3n) is 6.97. The number of nitrogens with zero attached hydrogens (tertiary/aromatic N) is 3. The second-order valence-corrected chi connectivity index (χ2v) is 9.12. The first-order valence-electron chi connectivity index (χ1n) is 11.9. The van der Waals surface area contributed by atoms with Gasteiger partial charge < -0.3 is 19.9 Å². The van der Waals surface area contributed by atoms with Gasteiger partial charge >= 0.3 is 6.09 Å². The highest BCUT2D eigenvalue weighted by Gasteiger charge is 2.30. The molecule has 2 amide bonds. The van der Waals surface area contributed by atoms with Crippen LogP contribution in [0.5, 0.6) is 0 Å². The average Bonchev–Trinajstić information content (AvgIpc) is 2.84. The summed E-state index contributed by atoms with van der Waals surface area (Å²) in [5.41, 5.74) is 1.01. The van der Waals surface area contributed by atoms with Gasteiger partial charge in [-0.1, -0.05) is 30.3 Å². The first-order chi connectivity index (χ1) is 15.2. The maximum atomic E-state index is 12.7. The molecule has 7 nitrogen and oxygen atoms in total. The molecule has 1 aromatic carbocycles. The van der Waals surface area contributed by atoms with Gasteiger partial charge in [-0.3, -0.25) is 9.69 Å². The predicted octanol–water partition coefficient (Wildman–Crippen LogP) is 2.18. The van der Waals surface area contributed by atoms with Crippen LogP contribution in [0.25, 0.3) is 0 Å². The number of piperidine rings is 2. The molecule has 170 valence electrons. The minimum Gasteiger partial charge on any atom is -0.445 e. The van der Waals surface area contributed by atoms with Crippen LogP contribution in [0.4, 0.5) is 4.79 Å². The van der Waals surface area contributed by atoms with Gasteiger partial charge in [-0.15, -0.1) is 0 Å². The predicted molar refractivity (Wildman–Crippen MR) is 120 cm³/mol. The molecule has 31 heavy (non-hydrogen) atoms. The van der Waals surface area contributed by atoms with Crippen molar-refractivity contribution in [3.63, 3.8) is 0 Å². The molecule has 1 aromatic rings. The Hall–Kier alpha value is -2.12. The van der Waals surface area contributed by atoms with Crippen molar-refractivity contribution in [3.05, 3.63) is 35.9 Å². The van der Waals surface area contributed by atoms with Crippen molar-refractivity contribution in [1.29, 1.82) is 0 Å². The standard InChI is InChI=1S/C24H36N4O3/c29-23(22-6-10-25-11-7-22)27-12-8-20(9-13-27)18-26-14-16-28(17-15-26)24(30)31-19-21-4-2-1-3-5-21/h1-5,20,22,25H,6-19H2. The fraction of sp³-hybridized carbons (Fsp3) is 0.667. The normalized spacial score (nSPS) is 21.8. The van der Waals surface area contributed by atoms with Crippen molar-refractivity contribution in [2.75, 3.05) is 58.9 Å². The van der Waals surface area contributed by atoms with E-state index < -0.39 is 0 Å². The van der Waals surface area contributed by atoms with Crippen LogP contribution in [0.15, 0.2) is 30.3 Å². The molecule has 1 N–H and O–H groups in total. The maximum Gasteiger partial charge on any atom is 0.410 e. The lowest BCUT2D eigenvalue weighted by molar-refractivity contribution is -0.137. The molecule has 3 heterocycles. The molecule has 0 spiro atoms. The minimum atomic E-state index is -0.215. The third kappa shape index (κ3) is 6.20. The molecular weight excluding hydrogens is 392 g/mol. The molecule has 0 atom stereocenters. The number of carbonyl (C=O) groups excluding carboxylic acids is 2. The Bertz CT molecular complexity index is 707. The highest BCUT2D eigenvalue weighted by molar-refractivity contribution is 5.79. The number of hydrogen-bond donors (Lipinski definition) is 1. The summed E-state index contributed by atoms with van der Waals surface area (Å²) < 4.78 is 5.46. The van der Waals surface area contributed by atoms with E-state index in [1.165, 1.54) is 0 Å². The summed E-state index contributed by atoms with van der Waals surface area (Å²) in [6.07, 6.45) is 3.94. The van der Waals surface area contributed by atoms with E-state index in [1.807, 2.05) is 35.2 Å². The van der Waals surface area contributed by atoms with E-state index in [0.29, 0.717) is 18.4 Å². The van der Waals surface area contributed by atoms with Crippen LogP contribution >= 0.6 is 0 Å². The first-order valence-corrected chi connectivity index (χ1v) is 11.9. The van der Waals surface area contributed by atoms with Crippen LogP contribution in [-0.2, 0) is 16.1 Å². The highest BCUT2D eigenvalue weighted by Crippen LogP contribution is 2.23. The molecule has 4 rings (SSSR count). The summed E-state index contributed by atoms with van der Waals surface area (Å²) >= 11 is 0. The third-order valence-corrected chi connectivity index (χ3v) is 6.97. The lowest BCUT2D eigenvalue weighted by atomic mass is 9.92. The largest absolute Gasteiger partial charge is 0.445 e. The maximum absolute atomic E-state index is 12.7. The Morgan fingerprint density at radius 1 is 0.871 bits per heavy atom. The van der Waals surface area contributed by atoms with Gasteiger partial charge in [-0.05, 0) is 50.3 Å². The smallest absolute Gasteiger partial charge is 0.410 e. The Balaban J connectivity index is 1.13. The van der Waals surface area contributed by atoms with Gasteiger partial charge in [-0.25, -0.2) is 4.79 Å². The van der Waals surface area contributed by atoms with Gasteiger partial charge in [0.2, 0.25) is 5.91 Å². The lowest BCUT2D eigenvalue weighted by Crippen LogP contribution is -2.51. The minimum absolute atomic E-state index is 0.215.